The molecule has 2 aliphatic rings. The maximum absolute atomic E-state index is 12.8. The molecule has 2 heterocycles. The highest BCUT2D eigenvalue weighted by molar-refractivity contribution is 8.21. The van der Waals surface area contributed by atoms with Gasteiger partial charge in [-0.05, 0) is 25.8 Å². The van der Waals surface area contributed by atoms with Crippen LogP contribution in [0.4, 0.5) is 0 Å². The summed E-state index contributed by atoms with van der Waals surface area (Å²) in [5, 5.41) is 11.4. The molecule has 5 N–H and O–H groups in total. The Kier molecular flexibility index (Phi) is 12.3. The van der Waals surface area contributed by atoms with Crippen LogP contribution in [-0.4, -0.2) is 69.1 Å². The van der Waals surface area contributed by atoms with Gasteiger partial charge in [0.05, 0.1) is 4.08 Å². The molecule has 11 heteroatoms. The fourth-order valence-corrected chi connectivity index (χ4v) is 6.84. The summed E-state index contributed by atoms with van der Waals surface area (Å²) < 4.78 is -0.0341. The number of nitrogens with two attached hydrogens (primary N) is 1. The summed E-state index contributed by atoms with van der Waals surface area (Å²) >= 11 is 3.75. The van der Waals surface area contributed by atoms with Gasteiger partial charge in [-0.3, -0.25) is 19.6 Å². The molecule has 0 unspecified atom stereocenters. The first-order valence-electron chi connectivity index (χ1n) is 9.99. The number of nitrogens with zero attached hydrogens (tertiary/aromatic N) is 1. The topological polar surface area (TPSA) is 125 Å². The molecule has 0 aliphatic carbocycles. The molecule has 1 atom stereocenters. The lowest BCUT2D eigenvalue weighted by Gasteiger charge is -2.24. The van der Waals surface area contributed by atoms with Crippen molar-refractivity contribution >= 4 is 53.7 Å². The second-order valence-corrected chi connectivity index (χ2v) is 10.4. The van der Waals surface area contributed by atoms with E-state index in [4.69, 9.17) is 10.9 Å². The number of rotatable bonds is 11. The van der Waals surface area contributed by atoms with Crippen LogP contribution < -0.4 is 16.5 Å². The molecule has 2 fully saturated rings. The molecule has 168 valence electrons. The fourth-order valence-electron chi connectivity index (χ4n) is 3.59. The van der Waals surface area contributed by atoms with Crippen molar-refractivity contribution in [2.24, 2.45) is 5.73 Å². The Hall–Kier alpha value is -0.680. The number of unbranched alkanes of at least 4 members (excludes halogenated alkanes) is 3. The number of thioether (sulfide) groups is 2. The minimum absolute atomic E-state index is 0. The number of halogens is 1. The third-order valence-corrected chi connectivity index (χ3v) is 8.50. The summed E-state index contributed by atoms with van der Waals surface area (Å²) in [6.07, 6.45) is 5.36. The number of carbonyl (C=O) groups excluding carboxylic acids is 3. The number of hydrogen-bond acceptors (Lipinski definition) is 7. The first kappa shape index (κ1) is 26.4. The second-order valence-electron chi connectivity index (χ2n) is 7.23. The quantitative estimate of drug-likeness (QED) is 0.206. The number of amides is 3. The number of likely N-dealkylation sites (tertiary alicyclic amines) is 1. The van der Waals surface area contributed by atoms with E-state index < -0.39 is 6.04 Å². The van der Waals surface area contributed by atoms with Gasteiger partial charge in [0.25, 0.3) is 0 Å². The number of hydrogen-bond donors (Lipinski definition) is 4. The van der Waals surface area contributed by atoms with Crippen LogP contribution >= 0.6 is 35.9 Å². The summed E-state index contributed by atoms with van der Waals surface area (Å²) in [6, 6.07) is -0.392. The van der Waals surface area contributed by atoms with E-state index in [9.17, 15) is 14.4 Å². The average molecular weight is 469 g/mol. The molecular formula is C18H33ClN4O4S2. The lowest BCUT2D eigenvalue weighted by Crippen LogP contribution is -2.46. The summed E-state index contributed by atoms with van der Waals surface area (Å²) in [7, 11) is 0. The molecule has 2 rings (SSSR count). The van der Waals surface area contributed by atoms with Crippen molar-refractivity contribution in [3.05, 3.63) is 0 Å². The fraction of sp³-hybridized carbons (Fsp3) is 0.833. The van der Waals surface area contributed by atoms with Crippen LogP contribution in [0, 0.1) is 0 Å². The summed E-state index contributed by atoms with van der Waals surface area (Å²) in [5.41, 5.74) is 7.15. The zero-order valence-corrected chi connectivity index (χ0v) is 19.1. The van der Waals surface area contributed by atoms with Crippen LogP contribution in [0.15, 0.2) is 0 Å². The smallest absolute Gasteiger partial charge is 0.243 e. The molecule has 0 aromatic rings. The molecule has 8 nitrogen and oxygen atoms in total. The van der Waals surface area contributed by atoms with E-state index in [0.717, 1.165) is 30.8 Å². The highest BCUT2D eigenvalue weighted by atomic mass is 35.5. The molecule has 3 amide bonds. The molecule has 2 saturated heterocycles. The van der Waals surface area contributed by atoms with E-state index in [2.05, 4.69) is 5.32 Å². The van der Waals surface area contributed by atoms with E-state index in [-0.39, 0.29) is 34.2 Å². The van der Waals surface area contributed by atoms with Crippen molar-refractivity contribution < 1.29 is 19.6 Å². The van der Waals surface area contributed by atoms with Crippen LogP contribution in [0.5, 0.6) is 0 Å². The summed E-state index contributed by atoms with van der Waals surface area (Å²) in [5.74, 6) is 1.73. The Morgan fingerprint density at radius 1 is 1.07 bits per heavy atom. The lowest BCUT2D eigenvalue weighted by atomic mass is 10.1. The van der Waals surface area contributed by atoms with Crippen molar-refractivity contribution in [1.29, 1.82) is 0 Å². The highest BCUT2D eigenvalue weighted by Gasteiger charge is 2.50. The van der Waals surface area contributed by atoms with Gasteiger partial charge >= 0.3 is 0 Å². The van der Waals surface area contributed by atoms with Gasteiger partial charge < -0.3 is 16.0 Å². The number of carbonyl (C=O) groups is 3. The zero-order valence-electron chi connectivity index (χ0n) is 16.7. The Bertz CT molecular complexity index is 550. The van der Waals surface area contributed by atoms with Crippen molar-refractivity contribution in [3.8, 4) is 0 Å². The Morgan fingerprint density at radius 2 is 1.76 bits per heavy atom. The van der Waals surface area contributed by atoms with E-state index >= 15 is 0 Å². The number of hydroxylamine groups is 1. The minimum atomic E-state index is -0.392. The molecule has 29 heavy (non-hydrogen) atoms. The number of nitrogens with one attached hydrogen (secondary N) is 2. The van der Waals surface area contributed by atoms with Crippen molar-refractivity contribution in [3.63, 3.8) is 0 Å². The van der Waals surface area contributed by atoms with Gasteiger partial charge in [-0.15, -0.1) is 35.9 Å². The molecule has 0 aromatic carbocycles. The first-order chi connectivity index (χ1) is 13.5. The molecule has 1 spiro atoms. The lowest BCUT2D eigenvalue weighted by molar-refractivity contribution is -0.138. The zero-order chi connectivity index (χ0) is 20.4. The minimum Gasteiger partial charge on any atom is -0.354 e. The van der Waals surface area contributed by atoms with E-state index in [1.807, 2.05) is 23.5 Å². The monoisotopic (exact) mass is 468 g/mol. The molecular weight excluding hydrogens is 436 g/mol. The highest BCUT2D eigenvalue weighted by Crippen LogP contribution is 2.51. The van der Waals surface area contributed by atoms with Gasteiger partial charge in [0.2, 0.25) is 17.7 Å². The molecule has 2 aliphatic heterocycles. The SMILES string of the molecule is Cl.NCCCC(=O)N1CC2(C[C@H]1C(=O)NCCCCCCC(=O)NO)SCCS2. The van der Waals surface area contributed by atoms with Crippen LogP contribution in [0.1, 0.15) is 51.4 Å². The predicted octanol–water partition coefficient (Wildman–Crippen LogP) is 1.50. The first-order valence-corrected chi connectivity index (χ1v) is 12.0. The molecule has 0 radical (unpaired) electrons. The Morgan fingerprint density at radius 3 is 2.41 bits per heavy atom. The summed E-state index contributed by atoms with van der Waals surface area (Å²) in [4.78, 5) is 38.1. The second kappa shape index (κ2) is 13.6. The third kappa shape index (κ3) is 8.16. The normalized spacial score (nSPS) is 19.8. The van der Waals surface area contributed by atoms with Gasteiger partial charge in [-0.25, -0.2) is 5.48 Å². The van der Waals surface area contributed by atoms with Crippen LogP contribution in [0.25, 0.3) is 0 Å². The standard InChI is InChI=1S/C18H32N4O4S2.ClH/c19-8-5-7-16(24)22-13-18(27-10-11-28-18)12-14(22)17(25)20-9-4-2-1-3-6-15(23)21-26;/h14,26H,1-13,19H2,(H,20,25)(H,21,23);1H/t14-;/m0./s1. The summed E-state index contributed by atoms with van der Waals surface area (Å²) in [6.45, 7) is 1.68. The molecule has 0 saturated carbocycles. The molecule has 0 bridgehead atoms. The van der Waals surface area contributed by atoms with E-state index in [0.29, 0.717) is 51.7 Å². The van der Waals surface area contributed by atoms with Crippen LogP contribution in [-0.2, 0) is 14.4 Å². The maximum atomic E-state index is 12.8. The van der Waals surface area contributed by atoms with Crippen molar-refractivity contribution in [2.45, 2.75) is 61.5 Å². The molecule has 0 aromatic heterocycles. The van der Waals surface area contributed by atoms with E-state index in [1.54, 1.807) is 10.4 Å². The van der Waals surface area contributed by atoms with Gasteiger partial charge in [0, 0.05) is 43.9 Å². The van der Waals surface area contributed by atoms with Crippen LogP contribution in [0.2, 0.25) is 0 Å². The van der Waals surface area contributed by atoms with Gasteiger partial charge in [0.15, 0.2) is 0 Å². The maximum Gasteiger partial charge on any atom is 0.243 e. The Labute approximate surface area is 187 Å². The van der Waals surface area contributed by atoms with E-state index in [1.165, 1.54) is 0 Å². The van der Waals surface area contributed by atoms with Gasteiger partial charge in [-0.2, -0.15) is 0 Å². The predicted molar refractivity (Wildman–Crippen MR) is 119 cm³/mol. The van der Waals surface area contributed by atoms with Crippen molar-refractivity contribution in [2.75, 3.05) is 31.1 Å². The van der Waals surface area contributed by atoms with Crippen LogP contribution in [0.3, 0.4) is 0 Å². The van der Waals surface area contributed by atoms with Crippen molar-refractivity contribution in [1.82, 2.24) is 15.7 Å². The Balaban J connectivity index is 0.00000420. The van der Waals surface area contributed by atoms with Gasteiger partial charge in [-0.1, -0.05) is 12.8 Å². The van der Waals surface area contributed by atoms with Gasteiger partial charge in [0.1, 0.15) is 6.04 Å². The largest absolute Gasteiger partial charge is 0.354 e. The third-order valence-electron chi connectivity index (χ3n) is 5.08. The average Bonchev–Trinajstić information content (AvgIpc) is 3.32.